The normalized spacial score (nSPS) is 11.5. The molecule has 2 heteroatoms. The van der Waals surface area contributed by atoms with Crippen LogP contribution in [0.4, 0.5) is 0 Å². The minimum atomic E-state index is -0.611. The molecule has 1 atom stereocenters. The largest absolute Gasteiger partial charge is 0.507 e. The number of aromatic hydroxyl groups is 1. The maximum atomic E-state index is 9.31. The first-order valence-electron chi connectivity index (χ1n) is 4.21. The maximum absolute atomic E-state index is 9.31. The fourth-order valence-corrected chi connectivity index (χ4v) is 0.842. The Labute approximate surface area is 77.8 Å². The molecule has 1 aromatic rings. The van der Waals surface area contributed by atoms with Crippen LogP contribution in [-0.2, 0) is 0 Å². The highest BCUT2D eigenvalue weighted by Crippen LogP contribution is 2.13. The van der Waals surface area contributed by atoms with Gasteiger partial charge >= 0.3 is 0 Å². The van der Waals surface area contributed by atoms with Gasteiger partial charge in [0, 0.05) is 0 Å². The molecule has 2 nitrogen and oxygen atoms in total. The standard InChI is InChI=1S/C11H12O2/c1-2-10(12)8-7-9-5-3-4-6-11(9)13/h3-6,10,12-13H,2H2,1H3. The predicted molar refractivity (Wildman–Crippen MR) is 51.3 cm³/mol. The van der Waals surface area contributed by atoms with Gasteiger partial charge in [-0.2, -0.15) is 0 Å². The monoisotopic (exact) mass is 176 g/mol. The molecule has 0 aliphatic carbocycles. The molecule has 2 N–H and O–H groups in total. The summed E-state index contributed by atoms with van der Waals surface area (Å²) < 4.78 is 0. The summed E-state index contributed by atoms with van der Waals surface area (Å²) in [5.41, 5.74) is 0.551. The maximum Gasteiger partial charge on any atom is 0.131 e. The average molecular weight is 176 g/mol. The Hall–Kier alpha value is -1.46. The molecule has 0 fully saturated rings. The zero-order valence-corrected chi connectivity index (χ0v) is 7.49. The molecule has 0 aliphatic heterocycles. The fourth-order valence-electron chi connectivity index (χ4n) is 0.842. The number of hydrogen-bond acceptors (Lipinski definition) is 2. The number of phenolic OH excluding ortho intramolecular Hbond substituents is 1. The Morgan fingerprint density at radius 2 is 2.08 bits per heavy atom. The highest BCUT2D eigenvalue weighted by molar-refractivity contribution is 5.45. The molecule has 0 radical (unpaired) electrons. The predicted octanol–water partition coefficient (Wildman–Crippen LogP) is 1.51. The zero-order valence-electron chi connectivity index (χ0n) is 7.49. The Bertz CT molecular complexity index is 333. The molecule has 1 unspecified atom stereocenters. The number of hydrogen-bond donors (Lipinski definition) is 2. The van der Waals surface area contributed by atoms with Crippen molar-refractivity contribution in [2.24, 2.45) is 0 Å². The third kappa shape index (κ3) is 2.81. The molecule has 68 valence electrons. The average Bonchev–Trinajstić information content (AvgIpc) is 2.16. The summed E-state index contributed by atoms with van der Waals surface area (Å²) >= 11 is 0. The van der Waals surface area contributed by atoms with E-state index in [-0.39, 0.29) is 5.75 Å². The van der Waals surface area contributed by atoms with Crippen LogP contribution in [0.3, 0.4) is 0 Å². The molecule has 0 bridgehead atoms. The van der Waals surface area contributed by atoms with Crippen LogP contribution >= 0.6 is 0 Å². The van der Waals surface area contributed by atoms with Gasteiger partial charge in [0.15, 0.2) is 0 Å². The number of para-hydroxylation sites is 1. The van der Waals surface area contributed by atoms with Crippen molar-refractivity contribution in [2.75, 3.05) is 0 Å². The van der Waals surface area contributed by atoms with E-state index in [9.17, 15) is 5.11 Å². The second-order valence-corrected chi connectivity index (χ2v) is 2.71. The van der Waals surface area contributed by atoms with Crippen molar-refractivity contribution in [1.82, 2.24) is 0 Å². The second kappa shape index (κ2) is 4.54. The van der Waals surface area contributed by atoms with Gasteiger partial charge in [0.1, 0.15) is 11.9 Å². The smallest absolute Gasteiger partial charge is 0.131 e. The number of rotatable bonds is 1. The first-order chi connectivity index (χ1) is 6.24. The molecule has 1 aromatic carbocycles. The van der Waals surface area contributed by atoms with Gasteiger partial charge < -0.3 is 10.2 Å². The van der Waals surface area contributed by atoms with E-state index in [1.807, 2.05) is 6.92 Å². The molecule has 0 aliphatic rings. The summed E-state index contributed by atoms with van der Waals surface area (Å²) in [5.74, 6) is 5.50. The van der Waals surface area contributed by atoms with Gasteiger partial charge in [-0.25, -0.2) is 0 Å². The highest BCUT2D eigenvalue weighted by atomic mass is 16.3. The Kier molecular flexibility index (Phi) is 3.36. The van der Waals surface area contributed by atoms with Gasteiger partial charge in [-0.1, -0.05) is 30.9 Å². The van der Waals surface area contributed by atoms with E-state index in [2.05, 4.69) is 11.8 Å². The first kappa shape index (κ1) is 9.63. The van der Waals surface area contributed by atoms with E-state index >= 15 is 0 Å². The van der Waals surface area contributed by atoms with E-state index in [0.29, 0.717) is 12.0 Å². The number of aliphatic hydroxyl groups is 1. The first-order valence-corrected chi connectivity index (χ1v) is 4.21. The van der Waals surface area contributed by atoms with E-state index in [4.69, 9.17) is 5.11 Å². The molecule has 0 saturated carbocycles. The molecule has 0 saturated heterocycles. The Balaban J connectivity index is 2.83. The van der Waals surface area contributed by atoms with Gasteiger partial charge in [0.05, 0.1) is 5.56 Å². The van der Waals surface area contributed by atoms with Gasteiger partial charge in [-0.05, 0) is 18.6 Å². The summed E-state index contributed by atoms with van der Waals surface area (Å²) in [6.07, 6.45) is -0.0137. The lowest BCUT2D eigenvalue weighted by atomic mass is 10.2. The third-order valence-electron chi connectivity index (χ3n) is 1.66. The van der Waals surface area contributed by atoms with Crippen molar-refractivity contribution >= 4 is 0 Å². The van der Waals surface area contributed by atoms with Crippen molar-refractivity contribution in [3.05, 3.63) is 29.8 Å². The fraction of sp³-hybridized carbons (Fsp3) is 0.273. The number of phenols is 1. The van der Waals surface area contributed by atoms with E-state index in [0.717, 1.165) is 0 Å². The van der Waals surface area contributed by atoms with Gasteiger partial charge in [-0.3, -0.25) is 0 Å². The van der Waals surface area contributed by atoms with Crippen LogP contribution < -0.4 is 0 Å². The third-order valence-corrected chi connectivity index (χ3v) is 1.66. The molecule has 0 spiro atoms. The summed E-state index contributed by atoms with van der Waals surface area (Å²) in [4.78, 5) is 0. The van der Waals surface area contributed by atoms with Crippen molar-refractivity contribution in [3.8, 4) is 17.6 Å². The van der Waals surface area contributed by atoms with Gasteiger partial charge in [0.2, 0.25) is 0 Å². The van der Waals surface area contributed by atoms with Crippen LogP contribution in [0.5, 0.6) is 5.75 Å². The van der Waals surface area contributed by atoms with Crippen LogP contribution in [-0.4, -0.2) is 16.3 Å². The molecule has 0 amide bonds. The Morgan fingerprint density at radius 3 is 2.69 bits per heavy atom. The van der Waals surface area contributed by atoms with E-state index < -0.39 is 6.10 Å². The van der Waals surface area contributed by atoms with Gasteiger partial charge in [-0.15, -0.1) is 0 Å². The van der Waals surface area contributed by atoms with Crippen molar-refractivity contribution in [2.45, 2.75) is 19.4 Å². The van der Waals surface area contributed by atoms with Crippen LogP contribution in [0.2, 0.25) is 0 Å². The summed E-state index contributed by atoms with van der Waals surface area (Å²) in [7, 11) is 0. The molecular weight excluding hydrogens is 164 g/mol. The minimum absolute atomic E-state index is 0.151. The number of benzene rings is 1. The molecule has 1 rings (SSSR count). The van der Waals surface area contributed by atoms with E-state index in [1.165, 1.54) is 0 Å². The lowest BCUT2D eigenvalue weighted by molar-refractivity contribution is 0.228. The molecule has 13 heavy (non-hydrogen) atoms. The lowest BCUT2D eigenvalue weighted by Crippen LogP contribution is -1.98. The van der Waals surface area contributed by atoms with E-state index in [1.54, 1.807) is 24.3 Å². The Morgan fingerprint density at radius 1 is 1.38 bits per heavy atom. The van der Waals surface area contributed by atoms with Crippen LogP contribution in [0.25, 0.3) is 0 Å². The molecule has 0 heterocycles. The van der Waals surface area contributed by atoms with Crippen molar-refractivity contribution in [1.29, 1.82) is 0 Å². The summed E-state index contributed by atoms with van der Waals surface area (Å²) in [6, 6.07) is 6.81. The lowest BCUT2D eigenvalue weighted by Gasteiger charge is -1.96. The molecule has 0 aromatic heterocycles. The highest BCUT2D eigenvalue weighted by Gasteiger charge is 1.95. The molecular formula is C11H12O2. The number of aliphatic hydroxyl groups excluding tert-OH is 1. The van der Waals surface area contributed by atoms with Crippen molar-refractivity contribution < 1.29 is 10.2 Å². The van der Waals surface area contributed by atoms with Crippen LogP contribution in [0.1, 0.15) is 18.9 Å². The topological polar surface area (TPSA) is 40.5 Å². The van der Waals surface area contributed by atoms with Crippen molar-refractivity contribution in [3.63, 3.8) is 0 Å². The minimum Gasteiger partial charge on any atom is -0.507 e. The van der Waals surface area contributed by atoms with Gasteiger partial charge in [0.25, 0.3) is 0 Å². The summed E-state index contributed by atoms with van der Waals surface area (Å²) in [5, 5.41) is 18.5. The van der Waals surface area contributed by atoms with Crippen LogP contribution in [0, 0.1) is 11.8 Å². The zero-order chi connectivity index (χ0) is 9.68. The summed E-state index contributed by atoms with van der Waals surface area (Å²) in [6.45, 7) is 1.85. The quantitative estimate of drug-likeness (QED) is 0.637. The van der Waals surface area contributed by atoms with Crippen LogP contribution in [0.15, 0.2) is 24.3 Å². The second-order valence-electron chi connectivity index (χ2n) is 2.71. The SMILES string of the molecule is CCC(O)C#Cc1ccccc1O.